The maximum Gasteiger partial charge on any atom is 0.217 e. The molecular formula is C22H28FN3O2. The zero-order valence-electron chi connectivity index (χ0n) is 16.9. The number of aromatic nitrogens is 2. The number of likely N-dealkylation sites (tertiary alicyclic amines) is 1. The summed E-state index contributed by atoms with van der Waals surface area (Å²) in [6.45, 7) is 8.36. The zero-order chi connectivity index (χ0) is 19.7. The van der Waals surface area contributed by atoms with E-state index in [1.54, 1.807) is 6.07 Å². The number of hydrogen-bond donors (Lipinski definition) is 0. The highest BCUT2D eigenvalue weighted by molar-refractivity contribution is 5.32. The van der Waals surface area contributed by atoms with Gasteiger partial charge in [0.05, 0.1) is 18.3 Å². The molecule has 0 radical (unpaired) electrons. The predicted molar refractivity (Wildman–Crippen MR) is 105 cm³/mol. The lowest BCUT2D eigenvalue weighted by molar-refractivity contribution is 0.0771. The molecule has 0 spiro atoms. The van der Waals surface area contributed by atoms with Crippen molar-refractivity contribution in [3.05, 3.63) is 46.7 Å². The summed E-state index contributed by atoms with van der Waals surface area (Å²) >= 11 is 0. The molecule has 6 heteroatoms. The molecule has 28 heavy (non-hydrogen) atoms. The van der Waals surface area contributed by atoms with Gasteiger partial charge in [-0.25, -0.2) is 9.37 Å². The summed E-state index contributed by atoms with van der Waals surface area (Å²) in [6, 6.07) is 5.49. The van der Waals surface area contributed by atoms with Crippen molar-refractivity contribution in [2.24, 2.45) is 0 Å². The predicted octanol–water partition coefficient (Wildman–Crippen LogP) is 4.16. The first-order valence-electron chi connectivity index (χ1n) is 10.2. The molecule has 2 aliphatic rings. The van der Waals surface area contributed by atoms with E-state index in [0.717, 1.165) is 61.5 Å². The first kappa shape index (κ1) is 19.1. The second kappa shape index (κ2) is 8.03. The molecule has 4 rings (SSSR count). The molecule has 2 aromatic heterocycles. The van der Waals surface area contributed by atoms with E-state index in [4.69, 9.17) is 9.47 Å². The second-order valence-corrected chi connectivity index (χ2v) is 7.89. The first-order valence-corrected chi connectivity index (χ1v) is 10.2. The van der Waals surface area contributed by atoms with Gasteiger partial charge in [0.2, 0.25) is 5.88 Å². The fraction of sp³-hybridized carbons (Fsp3) is 0.545. The molecule has 1 fully saturated rings. The summed E-state index contributed by atoms with van der Waals surface area (Å²) in [5.41, 5.74) is 3.31. The third-order valence-corrected chi connectivity index (χ3v) is 5.65. The van der Waals surface area contributed by atoms with Crippen LogP contribution in [0.4, 0.5) is 4.39 Å². The van der Waals surface area contributed by atoms with Crippen molar-refractivity contribution in [3.8, 4) is 11.6 Å². The van der Waals surface area contributed by atoms with Crippen molar-refractivity contribution < 1.29 is 13.9 Å². The third kappa shape index (κ3) is 4.12. The highest BCUT2D eigenvalue weighted by Crippen LogP contribution is 2.31. The van der Waals surface area contributed by atoms with Gasteiger partial charge < -0.3 is 9.47 Å². The molecule has 2 aromatic rings. The van der Waals surface area contributed by atoms with E-state index in [9.17, 15) is 4.39 Å². The van der Waals surface area contributed by atoms with E-state index in [0.29, 0.717) is 18.2 Å². The number of ether oxygens (including phenoxy) is 2. The van der Waals surface area contributed by atoms with E-state index >= 15 is 0 Å². The standard InChI is InChI=1S/C22H28FN3O2/c1-14-11-19(12-15(2)24-14)28-18-6-8-26(9-7-18)16(3)21-20(23)13-17-5-4-10-27-22(17)25-21/h11-13,16,18H,4-10H2,1-3H3. The van der Waals surface area contributed by atoms with Crippen LogP contribution in [0.25, 0.3) is 0 Å². The lowest BCUT2D eigenvalue weighted by atomic mass is 10.0. The monoisotopic (exact) mass is 385 g/mol. The van der Waals surface area contributed by atoms with Crippen LogP contribution >= 0.6 is 0 Å². The fourth-order valence-electron chi connectivity index (χ4n) is 4.16. The van der Waals surface area contributed by atoms with Crippen molar-refractivity contribution in [1.29, 1.82) is 0 Å². The number of piperidine rings is 1. The minimum absolute atomic E-state index is 0.0813. The van der Waals surface area contributed by atoms with Gasteiger partial charge in [-0.15, -0.1) is 0 Å². The maximum absolute atomic E-state index is 14.6. The number of hydrogen-bond acceptors (Lipinski definition) is 5. The Morgan fingerprint density at radius 1 is 1.14 bits per heavy atom. The Morgan fingerprint density at radius 2 is 1.86 bits per heavy atom. The number of fused-ring (bicyclic) bond motifs is 1. The van der Waals surface area contributed by atoms with Crippen LogP contribution in [-0.2, 0) is 6.42 Å². The van der Waals surface area contributed by atoms with Crippen LogP contribution in [0.1, 0.15) is 54.9 Å². The third-order valence-electron chi connectivity index (χ3n) is 5.65. The molecule has 150 valence electrons. The van der Waals surface area contributed by atoms with E-state index in [2.05, 4.69) is 14.9 Å². The topological polar surface area (TPSA) is 47.5 Å². The molecule has 0 saturated carbocycles. The van der Waals surface area contributed by atoms with Crippen molar-refractivity contribution in [3.63, 3.8) is 0 Å². The average molecular weight is 385 g/mol. The van der Waals surface area contributed by atoms with Crippen molar-refractivity contribution in [2.75, 3.05) is 19.7 Å². The Kier molecular flexibility index (Phi) is 5.49. The van der Waals surface area contributed by atoms with E-state index < -0.39 is 0 Å². The van der Waals surface area contributed by atoms with Gasteiger partial charge >= 0.3 is 0 Å². The Balaban J connectivity index is 1.39. The molecule has 0 N–H and O–H groups in total. The highest BCUT2D eigenvalue weighted by atomic mass is 19.1. The number of aryl methyl sites for hydroxylation is 3. The maximum atomic E-state index is 14.6. The van der Waals surface area contributed by atoms with Crippen LogP contribution in [0.3, 0.4) is 0 Å². The van der Waals surface area contributed by atoms with Crippen LogP contribution in [0.15, 0.2) is 18.2 Å². The van der Waals surface area contributed by atoms with E-state index in [1.807, 2.05) is 32.9 Å². The van der Waals surface area contributed by atoms with Crippen LogP contribution in [0, 0.1) is 19.7 Å². The molecular weight excluding hydrogens is 357 g/mol. The number of pyridine rings is 2. The number of halogens is 1. The molecule has 5 nitrogen and oxygen atoms in total. The molecule has 1 unspecified atom stereocenters. The van der Waals surface area contributed by atoms with Crippen LogP contribution in [-0.4, -0.2) is 40.7 Å². The normalized spacial score (nSPS) is 19.0. The molecule has 0 amide bonds. The fourth-order valence-corrected chi connectivity index (χ4v) is 4.16. The van der Waals surface area contributed by atoms with Gasteiger partial charge in [-0.2, -0.15) is 0 Å². The van der Waals surface area contributed by atoms with Crippen LogP contribution in [0.2, 0.25) is 0 Å². The van der Waals surface area contributed by atoms with Gasteiger partial charge in [-0.3, -0.25) is 9.88 Å². The van der Waals surface area contributed by atoms with Gasteiger partial charge in [0.25, 0.3) is 0 Å². The lowest BCUT2D eigenvalue weighted by Gasteiger charge is -2.36. The molecule has 0 aliphatic carbocycles. The second-order valence-electron chi connectivity index (χ2n) is 7.89. The Morgan fingerprint density at radius 3 is 2.57 bits per heavy atom. The molecule has 4 heterocycles. The Hall–Kier alpha value is -2.21. The average Bonchev–Trinajstić information content (AvgIpc) is 2.67. The summed E-state index contributed by atoms with van der Waals surface area (Å²) in [4.78, 5) is 11.2. The Bertz CT molecular complexity index is 830. The van der Waals surface area contributed by atoms with E-state index in [1.165, 1.54) is 0 Å². The summed E-state index contributed by atoms with van der Waals surface area (Å²) in [5.74, 6) is 1.27. The van der Waals surface area contributed by atoms with Gasteiger partial charge in [-0.1, -0.05) is 0 Å². The minimum atomic E-state index is -0.224. The summed E-state index contributed by atoms with van der Waals surface area (Å²) in [5, 5.41) is 0. The quantitative estimate of drug-likeness (QED) is 0.791. The molecule has 0 bridgehead atoms. The van der Waals surface area contributed by atoms with Crippen LogP contribution < -0.4 is 9.47 Å². The molecule has 0 aromatic carbocycles. The zero-order valence-corrected chi connectivity index (χ0v) is 16.9. The minimum Gasteiger partial charge on any atom is -0.490 e. The smallest absolute Gasteiger partial charge is 0.217 e. The molecule has 1 saturated heterocycles. The number of nitrogens with zero attached hydrogens (tertiary/aromatic N) is 3. The number of rotatable bonds is 4. The molecule has 2 aliphatic heterocycles. The van der Waals surface area contributed by atoms with Gasteiger partial charge in [0, 0.05) is 42.2 Å². The Labute approximate surface area is 165 Å². The van der Waals surface area contributed by atoms with Crippen molar-refractivity contribution >= 4 is 0 Å². The summed E-state index contributed by atoms with van der Waals surface area (Å²) in [6.07, 6.45) is 3.76. The SMILES string of the molecule is Cc1cc(OC2CCN(C(C)c3nc4c(cc3F)CCCO4)CC2)cc(C)n1. The lowest BCUT2D eigenvalue weighted by Crippen LogP contribution is -2.40. The summed E-state index contributed by atoms with van der Waals surface area (Å²) in [7, 11) is 0. The first-order chi connectivity index (χ1) is 13.5. The largest absolute Gasteiger partial charge is 0.490 e. The van der Waals surface area contributed by atoms with Crippen LogP contribution in [0.5, 0.6) is 11.6 Å². The van der Waals surface area contributed by atoms with E-state index in [-0.39, 0.29) is 18.0 Å². The molecule has 1 atom stereocenters. The van der Waals surface area contributed by atoms with Gasteiger partial charge in [0.15, 0.2) is 0 Å². The van der Waals surface area contributed by atoms with Crippen molar-refractivity contribution in [2.45, 2.75) is 58.6 Å². The van der Waals surface area contributed by atoms with Gasteiger partial charge in [0.1, 0.15) is 17.7 Å². The van der Waals surface area contributed by atoms with Crippen molar-refractivity contribution in [1.82, 2.24) is 14.9 Å². The summed E-state index contributed by atoms with van der Waals surface area (Å²) < 4.78 is 26.5. The highest BCUT2D eigenvalue weighted by Gasteiger charge is 2.28. The van der Waals surface area contributed by atoms with Gasteiger partial charge in [-0.05, 0) is 52.5 Å².